The van der Waals surface area contributed by atoms with Crippen molar-refractivity contribution in [3.63, 3.8) is 0 Å². The lowest BCUT2D eigenvalue weighted by molar-refractivity contribution is -0.132. The summed E-state index contributed by atoms with van der Waals surface area (Å²) in [5, 5.41) is 10.5. The Morgan fingerprint density at radius 3 is 2.83 bits per heavy atom. The van der Waals surface area contributed by atoms with Crippen LogP contribution in [0.5, 0.6) is 5.75 Å². The van der Waals surface area contributed by atoms with E-state index in [0.29, 0.717) is 36.5 Å². The maximum atomic E-state index is 12.8. The lowest BCUT2D eigenvalue weighted by Gasteiger charge is -2.20. The van der Waals surface area contributed by atoms with Crippen LogP contribution in [0.2, 0.25) is 0 Å². The van der Waals surface area contributed by atoms with E-state index in [1.165, 1.54) is 0 Å². The third-order valence-corrected chi connectivity index (χ3v) is 5.37. The van der Waals surface area contributed by atoms with Gasteiger partial charge in [0.1, 0.15) is 11.3 Å². The molecule has 1 aromatic heterocycles. The van der Waals surface area contributed by atoms with Crippen molar-refractivity contribution in [1.82, 2.24) is 25.2 Å². The number of likely N-dealkylation sites (tertiary alicyclic amines) is 1. The number of benzene rings is 2. The molecule has 1 N–H and O–H groups in total. The smallest absolute Gasteiger partial charge is 0.260 e. The molecule has 8 heteroatoms. The molecule has 146 valence electrons. The number of aromatic amines is 1. The predicted octanol–water partition coefficient (Wildman–Crippen LogP) is 1.83. The van der Waals surface area contributed by atoms with Crippen molar-refractivity contribution in [3.05, 3.63) is 65.9 Å². The Bertz CT molecular complexity index is 1110. The van der Waals surface area contributed by atoms with E-state index in [-0.39, 0.29) is 24.3 Å². The van der Waals surface area contributed by atoms with Crippen molar-refractivity contribution in [2.75, 3.05) is 26.2 Å². The van der Waals surface area contributed by atoms with Crippen molar-refractivity contribution in [3.8, 4) is 5.75 Å². The first-order chi connectivity index (χ1) is 14.2. The standard InChI is InChI=1S/C21H19N5O3/c27-20(13-29-17-4-2-1-3-5-17)25-9-15-11-26(12-16(15)10-25)21(28)14-6-7-18-19(8-14)23-24-22-18/h1-8,11,16H,9-10,12-13H2,(H,22,23,24)/t16-/m0/s1. The molecule has 2 amide bonds. The number of nitrogens with one attached hydrogen (secondary N) is 1. The highest BCUT2D eigenvalue weighted by Crippen LogP contribution is 2.30. The van der Waals surface area contributed by atoms with Crippen molar-refractivity contribution in [2.45, 2.75) is 0 Å². The molecule has 0 radical (unpaired) electrons. The summed E-state index contributed by atoms with van der Waals surface area (Å²) in [5.74, 6) is 0.747. The third-order valence-electron chi connectivity index (χ3n) is 5.37. The van der Waals surface area contributed by atoms with Crippen LogP contribution < -0.4 is 4.74 Å². The second-order valence-electron chi connectivity index (χ2n) is 7.28. The van der Waals surface area contributed by atoms with Gasteiger partial charge < -0.3 is 14.5 Å². The number of amides is 2. The van der Waals surface area contributed by atoms with Gasteiger partial charge in [0.05, 0.1) is 5.52 Å². The molecule has 2 aliphatic heterocycles. The van der Waals surface area contributed by atoms with E-state index < -0.39 is 0 Å². The van der Waals surface area contributed by atoms with Gasteiger partial charge in [-0.15, -0.1) is 5.10 Å². The van der Waals surface area contributed by atoms with Crippen LogP contribution >= 0.6 is 0 Å². The summed E-state index contributed by atoms with van der Waals surface area (Å²) in [6, 6.07) is 14.6. The fourth-order valence-electron chi connectivity index (χ4n) is 3.83. The van der Waals surface area contributed by atoms with Crippen molar-refractivity contribution in [1.29, 1.82) is 0 Å². The quantitative estimate of drug-likeness (QED) is 0.735. The average Bonchev–Trinajstić information content (AvgIpc) is 3.46. The number of hydrogen-bond donors (Lipinski definition) is 1. The zero-order valence-electron chi connectivity index (χ0n) is 15.6. The van der Waals surface area contributed by atoms with Crippen LogP contribution in [0.3, 0.4) is 0 Å². The van der Waals surface area contributed by atoms with E-state index in [9.17, 15) is 9.59 Å². The second-order valence-corrected chi connectivity index (χ2v) is 7.28. The number of para-hydroxylation sites is 1. The Balaban J connectivity index is 1.22. The molecule has 1 fully saturated rings. The minimum atomic E-state index is -0.0675. The summed E-state index contributed by atoms with van der Waals surface area (Å²) < 4.78 is 5.56. The van der Waals surface area contributed by atoms with Gasteiger partial charge in [0.15, 0.2) is 6.61 Å². The van der Waals surface area contributed by atoms with E-state index in [0.717, 1.165) is 11.1 Å². The number of nitrogens with zero attached hydrogens (tertiary/aromatic N) is 4. The molecule has 0 aliphatic carbocycles. The zero-order chi connectivity index (χ0) is 19.8. The Morgan fingerprint density at radius 2 is 2.00 bits per heavy atom. The summed E-state index contributed by atoms with van der Waals surface area (Å²) in [6.07, 6.45) is 1.88. The number of rotatable bonds is 4. The van der Waals surface area contributed by atoms with Crippen LogP contribution in [0.4, 0.5) is 0 Å². The number of hydrogen-bond acceptors (Lipinski definition) is 5. The van der Waals surface area contributed by atoms with Crippen LogP contribution in [0, 0.1) is 5.92 Å². The number of aromatic nitrogens is 3. The Hall–Kier alpha value is -3.68. The summed E-state index contributed by atoms with van der Waals surface area (Å²) in [6.45, 7) is 1.74. The highest BCUT2D eigenvalue weighted by atomic mass is 16.5. The number of carbonyl (C=O) groups is 2. The summed E-state index contributed by atoms with van der Waals surface area (Å²) >= 11 is 0. The highest BCUT2D eigenvalue weighted by molar-refractivity contribution is 5.98. The molecule has 0 spiro atoms. The summed E-state index contributed by atoms with van der Waals surface area (Å²) in [4.78, 5) is 28.8. The molecular formula is C21H19N5O3. The van der Waals surface area contributed by atoms with E-state index in [4.69, 9.17) is 4.74 Å². The van der Waals surface area contributed by atoms with Gasteiger partial charge >= 0.3 is 0 Å². The fourth-order valence-corrected chi connectivity index (χ4v) is 3.83. The summed E-state index contributed by atoms with van der Waals surface area (Å²) in [5.41, 5.74) is 3.14. The predicted molar refractivity (Wildman–Crippen MR) is 105 cm³/mol. The zero-order valence-corrected chi connectivity index (χ0v) is 15.6. The molecule has 1 atom stereocenters. The van der Waals surface area contributed by atoms with E-state index >= 15 is 0 Å². The molecule has 2 aliphatic rings. The van der Waals surface area contributed by atoms with E-state index in [1.54, 1.807) is 28.0 Å². The molecule has 2 aromatic carbocycles. The SMILES string of the molecule is O=C(c1ccc2[nH]nnc2c1)N1C=C2CN(C(=O)COc3ccccc3)C[C@H]2C1. The van der Waals surface area contributed by atoms with Gasteiger partial charge in [0.25, 0.3) is 11.8 Å². The fraction of sp³-hybridized carbons (Fsp3) is 0.238. The van der Waals surface area contributed by atoms with E-state index in [2.05, 4.69) is 15.4 Å². The topological polar surface area (TPSA) is 91.4 Å². The highest BCUT2D eigenvalue weighted by Gasteiger charge is 2.37. The van der Waals surface area contributed by atoms with Gasteiger partial charge in [-0.25, -0.2) is 0 Å². The van der Waals surface area contributed by atoms with Gasteiger partial charge in [-0.3, -0.25) is 14.7 Å². The first-order valence-corrected chi connectivity index (χ1v) is 9.45. The Kier molecular flexibility index (Phi) is 4.23. The second kappa shape index (κ2) is 7.05. The Labute approximate surface area is 166 Å². The van der Waals surface area contributed by atoms with Crippen LogP contribution in [0.25, 0.3) is 11.0 Å². The molecular weight excluding hydrogens is 370 g/mol. The van der Waals surface area contributed by atoms with Gasteiger partial charge in [-0.05, 0) is 35.9 Å². The molecule has 8 nitrogen and oxygen atoms in total. The van der Waals surface area contributed by atoms with Crippen molar-refractivity contribution < 1.29 is 14.3 Å². The van der Waals surface area contributed by atoms with Crippen LogP contribution in [0.1, 0.15) is 10.4 Å². The van der Waals surface area contributed by atoms with Crippen LogP contribution in [-0.4, -0.2) is 63.3 Å². The van der Waals surface area contributed by atoms with Gasteiger partial charge in [0, 0.05) is 37.3 Å². The molecule has 0 bridgehead atoms. The number of carbonyl (C=O) groups excluding carboxylic acids is 2. The molecule has 3 heterocycles. The van der Waals surface area contributed by atoms with Crippen LogP contribution in [0.15, 0.2) is 60.3 Å². The van der Waals surface area contributed by atoms with E-state index in [1.807, 2.05) is 36.5 Å². The number of fused-ring (bicyclic) bond motifs is 2. The summed E-state index contributed by atoms with van der Waals surface area (Å²) in [7, 11) is 0. The van der Waals surface area contributed by atoms with Gasteiger partial charge in [-0.2, -0.15) is 0 Å². The molecule has 0 unspecified atom stereocenters. The van der Waals surface area contributed by atoms with Gasteiger partial charge in [0.2, 0.25) is 0 Å². The maximum Gasteiger partial charge on any atom is 0.260 e. The van der Waals surface area contributed by atoms with Crippen molar-refractivity contribution in [2.24, 2.45) is 5.92 Å². The van der Waals surface area contributed by atoms with Crippen molar-refractivity contribution >= 4 is 22.8 Å². The average molecular weight is 389 g/mol. The lowest BCUT2D eigenvalue weighted by Crippen LogP contribution is -2.35. The number of H-pyrrole nitrogens is 1. The largest absolute Gasteiger partial charge is 0.484 e. The number of ether oxygens (including phenoxy) is 1. The molecule has 3 aromatic rings. The minimum absolute atomic E-state index is 0.0182. The minimum Gasteiger partial charge on any atom is -0.484 e. The third kappa shape index (κ3) is 3.33. The molecule has 1 saturated heterocycles. The van der Waals surface area contributed by atoms with Gasteiger partial charge in [-0.1, -0.05) is 23.4 Å². The Morgan fingerprint density at radius 1 is 1.14 bits per heavy atom. The normalized spacial score (nSPS) is 18.1. The molecule has 5 rings (SSSR count). The lowest BCUT2D eigenvalue weighted by atomic mass is 10.1. The molecule has 0 saturated carbocycles. The first kappa shape index (κ1) is 17.4. The first-order valence-electron chi connectivity index (χ1n) is 9.45. The monoisotopic (exact) mass is 389 g/mol. The maximum absolute atomic E-state index is 12.8. The van der Waals surface area contributed by atoms with Crippen LogP contribution in [-0.2, 0) is 4.79 Å². The molecule has 29 heavy (non-hydrogen) atoms.